The standard InChI is InChI=1S/C15H23N3O3/c1-16-14-7-6-12(9-15(14)18(19)20)10-17(2)11-13-5-3-4-8-21-13/h6-7,9,13,16H,3-5,8,10-11H2,1-2H3. The van der Waals surface area contributed by atoms with Crippen molar-refractivity contribution in [3.8, 4) is 0 Å². The Labute approximate surface area is 125 Å². The summed E-state index contributed by atoms with van der Waals surface area (Å²) in [5.74, 6) is 0. The second-order valence-corrected chi connectivity index (χ2v) is 5.54. The zero-order chi connectivity index (χ0) is 15.2. The molecule has 116 valence electrons. The zero-order valence-corrected chi connectivity index (χ0v) is 12.7. The van der Waals surface area contributed by atoms with Gasteiger partial charge in [-0.3, -0.25) is 15.0 Å². The van der Waals surface area contributed by atoms with E-state index in [0.717, 1.165) is 31.6 Å². The van der Waals surface area contributed by atoms with E-state index in [4.69, 9.17) is 4.74 Å². The van der Waals surface area contributed by atoms with E-state index in [-0.39, 0.29) is 16.7 Å². The number of nitrogens with one attached hydrogen (secondary N) is 1. The Morgan fingerprint density at radius 1 is 1.48 bits per heavy atom. The van der Waals surface area contributed by atoms with Crippen LogP contribution in [0.5, 0.6) is 0 Å². The summed E-state index contributed by atoms with van der Waals surface area (Å²) < 4.78 is 5.72. The molecule has 2 rings (SSSR count). The number of anilines is 1. The van der Waals surface area contributed by atoms with Crippen molar-refractivity contribution in [2.24, 2.45) is 0 Å². The van der Waals surface area contributed by atoms with Gasteiger partial charge in [-0.2, -0.15) is 0 Å². The van der Waals surface area contributed by atoms with Crippen molar-refractivity contribution in [2.75, 3.05) is 32.6 Å². The van der Waals surface area contributed by atoms with Gasteiger partial charge in [0, 0.05) is 32.8 Å². The molecule has 1 fully saturated rings. The summed E-state index contributed by atoms with van der Waals surface area (Å²) in [6, 6.07) is 5.33. The van der Waals surface area contributed by atoms with Gasteiger partial charge < -0.3 is 10.1 Å². The topological polar surface area (TPSA) is 67.6 Å². The van der Waals surface area contributed by atoms with Crippen LogP contribution in [0.25, 0.3) is 0 Å². The van der Waals surface area contributed by atoms with Crippen LogP contribution in [0, 0.1) is 10.1 Å². The monoisotopic (exact) mass is 293 g/mol. The van der Waals surface area contributed by atoms with Crippen LogP contribution in [0.15, 0.2) is 18.2 Å². The lowest BCUT2D eigenvalue weighted by molar-refractivity contribution is -0.384. The van der Waals surface area contributed by atoms with Crippen LogP contribution >= 0.6 is 0 Å². The van der Waals surface area contributed by atoms with Crippen LogP contribution in [0.3, 0.4) is 0 Å². The average molecular weight is 293 g/mol. The minimum atomic E-state index is -0.348. The highest BCUT2D eigenvalue weighted by Gasteiger charge is 2.17. The van der Waals surface area contributed by atoms with Crippen LogP contribution in [0.1, 0.15) is 24.8 Å². The van der Waals surface area contributed by atoms with Gasteiger partial charge in [0.15, 0.2) is 0 Å². The molecule has 6 heteroatoms. The van der Waals surface area contributed by atoms with E-state index in [1.807, 2.05) is 13.1 Å². The molecule has 1 N–H and O–H groups in total. The van der Waals surface area contributed by atoms with Crippen molar-refractivity contribution in [3.63, 3.8) is 0 Å². The van der Waals surface area contributed by atoms with Gasteiger partial charge >= 0.3 is 0 Å². The summed E-state index contributed by atoms with van der Waals surface area (Å²) in [5.41, 5.74) is 1.61. The lowest BCUT2D eigenvalue weighted by Crippen LogP contribution is -2.33. The lowest BCUT2D eigenvalue weighted by atomic mass is 10.1. The Balaban J connectivity index is 1.98. The van der Waals surface area contributed by atoms with Gasteiger partial charge in [0.05, 0.1) is 11.0 Å². The minimum absolute atomic E-state index is 0.123. The van der Waals surface area contributed by atoms with E-state index in [9.17, 15) is 10.1 Å². The number of ether oxygens (including phenoxy) is 1. The maximum absolute atomic E-state index is 11.1. The van der Waals surface area contributed by atoms with Crippen molar-refractivity contribution in [1.82, 2.24) is 4.90 Å². The molecule has 0 saturated carbocycles. The quantitative estimate of drug-likeness (QED) is 0.645. The smallest absolute Gasteiger partial charge is 0.292 e. The fraction of sp³-hybridized carbons (Fsp3) is 0.600. The predicted octanol–water partition coefficient (Wildman–Crippen LogP) is 2.64. The van der Waals surface area contributed by atoms with Gasteiger partial charge in [-0.05, 0) is 37.9 Å². The molecule has 0 bridgehead atoms. The Bertz CT molecular complexity index is 487. The van der Waals surface area contributed by atoms with Crippen molar-refractivity contribution < 1.29 is 9.66 Å². The van der Waals surface area contributed by atoms with Crippen LogP contribution in [0.2, 0.25) is 0 Å². The van der Waals surface area contributed by atoms with Crippen LogP contribution in [-0.2, 0) is 11.3 Å². The number of hydrogen-bond acceptors (Lipinski definition) is 5. The predicted molar refractivity (Wildman–Crippen MR) is 82.6 cm³/mol. The van der Waals surface area contributed by atoms with Crippen molar-refractivity contribution in [1.29, 1.82) is 0 Å². The van der Waals surface area contributed by atoms with Crippen LogP contribution < -0.4 is 5.32 Å². The highest BCUT2D eigenvalue weighted by molar-refractivity contribution is 5.62. The number of hydrogen-bond donors (Lipinski definition) is 1. The van der Waals surface area contributed by atoms with Gasteiger partial charge in [-0.1, -0.05) is 6.07 Å². The van der Waals surface area contributed by atoms with E-state index >= 15 is 0 Å². The maximum atomic E-state index is 11.1. The normalized spacial score (nSPS) is 18.7. The highest BCUT2D eigenvalue weighted by Crippen LogP contribution is 2.25. The average Bonchev–Trinajstić information content (AvgIpc) is 2.48. The fourth-order valence-corrected chi connectivity index (χ4v) is 2.71. The summed E-state index contributed by atoms with van der Waals surface area (Å²) in [7, 11) is 3.71. The Morgan fingerprint density at radius 3 is 2.90 bits per heavy atom. The number of nitro groups is 1. The summed E-state index contributed by atoms with van der Waals surface area (Å²) in [5, 5.41) is 13.9. The molecule has 1 aromatic carbocycles. The van der Waals surface area contributed by atoms with Gasteiger partial charge in [0.1, 0.15) is 5.69 Å². The number of rotatable bonds is 6. The number of benzene rings is 1. The molecule has 0 spiro atoms. The molecule has 1 aliphatic heterocycles. The molecule has 21 heavy (non-hydrogen) atoms. The van der Waals surface area contributed by atoms with Gasteiger partial charge in [-0.15, -0.1) is 0 Å². The second-order valence-electron chi connectivity index (χ2n) is 5.54. The molecule has 1 heterocycles. The molecule has 1 saturated heterocycles. The molecule has 0 radical (unpaired) electrons. The van der Waals surface area contributed by atoms with E-state index in [1.165, 1.54) is 6.42 Å². The van der Waals surface area contributed by atoms with Crippen molar-refractivity contribution >= 4 is 11.4 Å². The van der Waals surface area contributed by atoms with Gasteiger partial charge in [0.2, 0.25) is 0 Å². The SMILES string of the molecule is CNc1ccc(CN(C)CC2CCCCO2)cc1[N+](=O)[O-]. The molecular weight excluding hydrogens is 270 g/mol. The number of nitrogens with zero attached hydrogens (tertiary/aromatic N) is 2. The summed E-state index contributed by atoms with van der Waals surface area (Å²) in [6.07, 6.45) is 3.76. The highest BCUT2D eigenvalue weighted by atomic mass is 16.6. The van der Waals surface area contributed by atoms with Gasteiger partial charge in [-0.25, -0.2) is 0 Å². The first kappa shape index (κ1) is 15.7. The Kier molecular flexibility index (Phi) is 5.52. The largest absolute Gasteiger partial charge is 0.383 e. The molecule has 1 unspecified atom stereocenters. The molecule has 6 nitrogen and oxygen atoms in total. The van der Waals surface area contributed by atoms with E-state index in [2.05, 4.69) is 10.2 Å². The Hall–Kier alpha value is -1.66. The summed E-state index contributed by atoms with van der Waals surface area (Å²) in [4.78, 5) is 12.9. The van der Waals surface area contributed by atoms with Crippen molar-refractivity contribution in [2.45, 2.75) is 31.9 Å². The first-order valence-corrected chi connectivity index (χ1v) is 7.35. The third-order valence-corrected chi connectivity index (χ3v) is 3.77. The van der Waals surface area contributed by atoms with E-state index in [1.54, 1.807) is 19.2 Å². The number of likely N-dealkylation sites (N-methyl/N-ethyl adjacent to an activating group) is 1. The molecule has 0 aromatic heterocycles. The lowest BCUT2D eigenvalue weighted by Gasteiger charge is -2.27. The fourth-order valence-electron chi connectivity index (χ4n) is 2.71. The van der Waals surface area contributed by atoms with Crippen LogP contribution in [-0.4, -0.2) is 43.2 Å². The third-order valence-electron chi connectivity index (χ3n) is 3.77. The summed E-state index contributed by atoms with van der Waals surface area (Å²) in [6.45, 7) is 2.40. The molecule has 1 atom stereocenters. The summed E-state index contributed by atoms with van der Waals surface area (Å²) >= 11 is 0. The molecule has 1 aromatic rings. The van der Waals surface area contributed by atoms with Crippen molar-refractivity contribution in [3.05, 3.63) is 33.9 Å². The molecule has 0 aliphatic carbocycles. The zero-order valence-electron chi connectivity index (χ0n) is 12.7. The number of nitro benzene ring substituents is 1. The second kappa shape index (κ2) is 7.38. The molecular formula is C15H23N3O3. The molecule has 0 amide bonds. The van der Waals surface area contributed by atoms with E-state index in [0.29, 0.717) is 12.2 Å². The maximum Gasteiger partial charge on any atom is 0.292 e. The molecule has 1 aliphatic rings. The van der Waals surface area contributed by atoms with E-state index < -0.39 is 0 Å². The first-order chi connectivity index (χ1) is 10.1. The Morgan fingerprint density at radius 2 is 2.29 bits per heavy atom. The van der Waals surface area contributed by atoms with Crippen LogP contribution in [0.4, 0.5) is 11.4 Å². The third kappa shape index (κ3) is 4.41. The minimum Gasteiger partial charge on any atom is -0.383 e. The van der Waals surface area contributed by atoms with Gasteiger partial charge in [0.25, 0.3) is 5.69 Å². The first-order valence-electron chi connectivity index (χ1n) is 7.35.